The molecule has 82 valence electrons. The maximum atomic E-state index is 11.0. The van der Waals surface area contributed by atoms with Gasteiger partial charge in [-0.2, -0.15) is 0 Å². The number of methoxy groups -OCH3 is 1. The number of aromatic nitrogens is 1. The van der Waals surface area contributed by atoms with Crippen LogP contribution >= 0.6 is 15.9 Å². The maximum Gasteiger partial charge on any atom is 0.340 e. The first-order valence-electron chi connectivity index (χ1n) is 4.12. The van der Waals surface area contributed by atoms with Crippen molar-refractivity contribution in [2.24, 2.45) is 0 Å². The van der Waals surface area contributed by atoms with Crippen LogP contribution in [0.4, 0.5) is 5.82 Å². The Balaban J connectivity index is 3.47. The lowest BCUT2D eigenvalue weighted by Crippen LogP contribution is -2.14. The van der Waals surface area contributed by atoms with Crippen molar-refractivity contribution in [1.29, 1.82) is 0 Å². The van der Waals surface area contributed by atoms with Crippen molar-refractivity contribution in [2.75, 3.05) is 26.1 Å². The van der Waals surface area contributed by atoms with Crippen LogP contribution in [0.5, 0.6) is 5.75 Å². The largest absolute Gasteiger partial charge is 0.492 e. The van der Waals surface area contributed by atoms with Crippen molar-refractivity contribution < 1.29 is 14.6 Å². The van der Waals surface area contributed by atoms with Gasteiger partial charge in [0, 0.05) is 20.3 Å². The number of ether oxygens (including phenoxy) is 1. The lowest BCUT2D eigenvalue weighted by atomic mass is 10.2. The highest BCUT2D eigenvalue weighted by Gasteiger charge is 2.20. The zero-order chi connectivity index (χ0) is 11.6. The van der Waals surface area contributed by atoms with Crippen LogP contribution in [0, 0.1) is 0 Å². The van der Waals surface area contributed by atoms with Crippen LogP contribution in [0.15, 0.2) is 10.7 Å². The third-order valence-electron chi connectivity index (χ3n) is 1.81. The summed E-state index contributed by atoms with van der Waals surface area (Å²) < 4.78 is 5.47. The Kier molecular flexibility index (Phi) is 3.52. The lowest BCUT2D eigenvalue weighted by molar-refractivity contribution is 0.0692. The third kappa shape index (κ3) is 2.20. The highest BCUT2D eigenvalue weighted by molar-refractivity contribution is 9.10. The van der Waals surface area contributed by atoms with Gasteiger partial charge in [-0.1, -0.05) is 0 Å². The molecule has 0 aliphatic carbocycles. The molecule has 15 heavy (non-hydrogen) atoms. The smallest absolute Gasteiger partial charge is 0.340 e. The standard InChI is InChI=1S/C9H11BrN2O3/c1-12(2)8-7(15-3)6(9(13)14)5(10)4-11-8/h4H,1-3H3,(H,13,14). The summed E-state index contributed by atoms with van der Waals surface area (Å²) in [6, 6.07) is 0. The first-order chi connectivity index (χ1) is 6.99. The molecule has 0 radical (unpaired) electrons. The molecule has 0 aliphatic heterocycles. The minimum absolute atomic E-state index is 0.0798. The number of carbonyl (C=O) groups is 1. The van der Waals surface area contributed by atoms with E-state index in [9.17, 15) is 4.79 Å². The van der Waals surface area contributed by atoms with Crippen LogP contribution in [0.2, 0.25) is 0 Å². The van der Waals surface area contributed by atoms with Crippen molar-refractivity contribution in [1.82, 2.24) is 4.98 Å². The fraction of sp³-hybridized carbons (Fsp3) is 0.333. The minimum atomic E-state index is -1.05. The molecule has 5 nitrogen and oxygen atoms in total. The molecule has 1 aromatic rings. The summed E-state index contributed by atoms with van der Waals surface area (Å²) in [5.41, 5.74) is 0.0798. The van der Waals surface area contributed by atoms with Crippen LogP contribution in [0.3, 0.4) is 0 Å². The van der Waals surface area contributed by atoms with Crippen molar-refractivity contribution in [3.05, 3.63) is 16.2 Å². The molecule has 0 saturated carbocycles. The molecule has 0 bridgehead atoms. The van der Waals surface area contributed by atoms with E-state index in [0.717, 1.165) is 0 Å². The molecule has 0 aliphatic rings. The average molecular weight is 275 g/mol. The molecule has 0 atom stereocenters. The summed E-state index contributed by atoms with van der Waals surface area (Å²) in [6.07, 6.45) is 1.45. The van der Waals surface area contributed by atoms with E-state index in [-0.39, 0.29) is 11.3 Å². The Morgan fingerprint density at radius 2 is 2.20 bits per heavy atom. The monoisotopic (exact) mass is 274 g/mol. The number of carboxylic acids is 1. The number of hydrogen-bond acceptors (Lipinski definition) is 4. The maximum absolute atomic E-state index is 11.0. The van der Waals surface area contributed by atoms with E-state index in [2.05, 4.69) is 20.9 Å². The van der Waals surface area contributed by atoms with E-state index in [4.69, 9.17) is 9.84 Å². The highest BCUT2D eigenvalue weighted by atomic mass is 79.9. The van der Waals surface area contributed by atoms with Gasteiger partial charge in [0.05, 0.1) is 11.6 Å². The van der Waals surface area contributed by atoms with Crippen molar-refractivity contribution in [2.45, 2.75) is 0 Å². The number of aromatic carboxylic acids is 1. The molecule has 1 aromatic heterocycles. The zero-order valence-corrected chi connectivity index (χ0v) is 10.2. The first kappa shape index (κ1) is 11.8. The fourth-order valence-electron chi connectivity index (χ4n) is 1.17. The van der Waals surface area contributed by atoms with Gasteiger partial charge in [-0.05, 0) is 15.9 Å². The Morgan fingerprint density at radius 3 is 2.60 bits per heavy atom. The topological polar surface area (TPSA) is 62.7 Å². The molecule has 1 N–H and O–H groups in total. The minimum Gasteiger partial charge on any atom is -0.492 e. The summed E-state index contributed by atoms with van der Waals surface area (Å²) in [4.78, 5) is 16.8. The number of nitrogens with zero attached hydrogens (tertiary/aromatic N) is 2. The second-order valence-corrected chi connectivity index (χ2v) is 3.89. The van der Waals surface area contributed by atoms with Crippen LogP contribution in [-0.4, -0.2) is 37.3 Å². The van der Waals surface area contributed by atoms with Gasteiger partial charge in [-0.25, -0.2) is 9.78 Å². The summed E-state index contributed by atoms with van der Waals surface area (Å²) in [5.74, 6) is -0.316. The third-order valence-corrected chi connectivity index (χ3v) is 2.41. The number of hydrogen-bond donors (Lipinski definition) is 1. The Labute approximate surface area is 95.8 Å². The number of rotatable bonds is 3. The number of carboxylic acid groups (broad SMARTS) is 1. The molecule has 0 saturated heterocycles. The Morgan fingerprint density at radius 1 is 1.60 bits per heavy atom. The van der Waals surface area contributed by atoms with Crippen molar-refractivity contribution >= 4 is 27.7 Å². The predicted octanol–water partition coefficient (Wildman–Crippen LogP) is 1.62. The van der Waals surface area contributed by atoms with Crippen LogP contribution in [0.25, 0.3) is 0 Å². The molecule has 0 fully saturated rings. The number of anilines is 1. The first-order valence-corrected chi connectivity index (χ1v) is 4.91. The van der Waals surface area contributed by atoms with E-state index in [1.54, 1.807) is 19.0 Å². The molecule has 6 heteroatoms. The SMILES string of the molecule is COc1c(N(C)C)ncc(Br)c1C(=O)O. The average Bonchev–Trinajstić information content (AvgIpc) is 2.15. The Hall–Kier alpha value is -1.30. The molecule has 0 amide bonds. The van der Waals surface area contributed by atoms with E-state index < -0.39 is 5.97 Å². The second kappa shape index (κ2) is 4.48. The Bertz CT molecular complexity index is 393. The number of pyridine rings is 1. The van der Waals surface area contributed by atoms with Crippen molar-refractivity contribution in [3.63, 3.8) is 0 Å². The quantitative estimate of drug-likeness (QED) is 0.908. The number of halogens is 1. The van der Waals surface area contributed by atoms with E-state index in [1.807, 2.05) is 0 Å². The molecule has 0 spiro atoms. The molecule has 1 heterocycles. The summed E-state index contributed by atoms with van der Waals surface area (Å²) >= 11 is 3.13. The van der Waals surface area contributed by atoms with Gasteiger partial charge < -0.3 is 14.7 Å². The van der Waals surface area contributed by atoms with Gasteiger partial charge in [-0.3, -0.25) is 0 Å². The zero-order valence-electron chi connectivity index (χ0n) is 8.61. The van der Waals surface area contributed by atoms with Gasteiger partial charge in [0.25, 0.3) is 0 Å². The van der Waals surface area contributed by atoms with Gasteiger partial charge in [0.2, 0.25) is 0 Å². The summed E-state index contributed by atoms with van der Waals surface area (Å²) in [6.45, 7) is 0. The molecular formula is C9H11BrN2O3. The summed E-state index contributed by atoms with van der Waals surface area (Å²) in [5, 5.41) is 9.03. The molecule has 1 rings (SSSR count). The molecule has 0 aromatic carbocycles. The van der Waals surface area contributed by atoms with Crippen molar-refractivity contribution in [3.8, 4) is 5.75 Å². The second-order valence-electron chi connectivity index (χ2n) is 3.04. The molecule has 0 unspecified atom stereocenters. The predicted molar refractivity (Wildman–Crippen MR) is 59.8 cm³/mol. The normalized spacial score (nSPS) is 9.87. The molecular weight excluding hydrogens is 264 g/mol. The van der Waals surface area contributed by atoms with Crippen LogP contribution in [0.1, 0.15) is 10.4 Å². The van der Waals surface area contributed by atoms with E-state index in [0.29, 0.717) is 10.3 Å². The van der Waals surface area contributed by atoms with Gasteiger partial charge in [0.1, 0.15) is 5.56 Å². The van der Waals surface area contributed by atoms with E-state index >= 15 is 0 Å². The lowest BCUT2D eigenvalue weighted by Gasteiger charge is -2.17. The van der Waals surface area contributed by atoms with Crippen LogP contribution < -0.4 is 9.64 Å². The van der Waals surface area contributed by atoms with Gasteiger partial charge >= 0.3 is 5.97 Å². The van der Waals surface area contributed by atoms with Gasteiger partial charge in [0.15, 0.2) is 11.6 Å². The van der Waals surface area contributed by atoms with Crippen LogP contribution in [-0.2, 0) is 0 Å². The summed E-state index contributed by atoms with van der Waals surface area (Å²) in [7, 11) is 4.96. The van der Waals surface area contributed by atoms with Gasteiger partial charge in [-0.15, -0.1) is 0 Å². The fourth-order valence-corrected chi connectivity index (χ4v) is 1.62. The van der Waals surface area contributed by atoms with E-state index in [1.165, 1.54) is 13.3 Å². The highest BCUT2D eigenvalue weighted by Crippen LogP contribution is 2.33.